The first-order valence-electron chi connectivity index (χ1n) is 9.53. The average molecular weight is 466 g/mol. The summed E-state index contributed by atoms with van der Waals surface area (Å²) in [6.45, 7) is 1.85. The maximum absolute atomic E-state index is 12.5. The highest BCUT2D eigenvalue weighted by atomic mass is 32.1. The Bertz CT molecular complexity index is 1240. The van der Waals surface area contributed by atoms with Crippen molar-refractivity contribution in [3.05, 3.63) is 71.2 Å². The van der Waals surface area contributed by atoms with Crippen LogP contribution in [0.1, 0.15) is 16.1 Å². The van der Waals surface area contributed by atoms with E-state index < -0.39 is 0 Å². The monoisotopic (exact) mass is 465 g/mol. The Morgan fingerprint density at radius 3 is 2.38 bits per heavy atom. The predicted molar refractivity (Wildman–Crippen MR) is 128 cm³/mol. The van der Waals surface area contributed by atoms with E-state index in [1.54, 1.807) is 43.5 Å². The molecule has 0 spiro atoms. The number of thiazole rings is 2. The molecule has 0 bridgehead atoms. The Balaban J connectivity index is 1.42. The third-order valence-corrected chi connectivity index (χ3v) is 6.21. The third kappa shape index (κ3) is 5.10. The van der Waals surface area contributed by atoms with Crippen molar-refractivity contribution >= 4 is 50.6 Å². The van der Waals surface area contributed by atoms with Gasteiger partial charge < -0.3 is 10.1 Å². The molecule has 3 amide bonds. The second kappa shape index (κ2) is 9.58. The maximum Gasteiger partial charge on any atom is 0.325 e. The molecule has 4 rings (SSSR count). The quantitative estimate of drug-likeness (QED) is 0.350. The first kappa shape index (κ1) is 21.5. The lowest BCUT2D eigenvalue weighted by molar-refractivity contribution is 0.102. The number of nitrogens with one attached hydrogen (secondary N) is 3. The molecular formula is C22H19N5O3S2. The number of methoxy groups -OCH3 is 1. The van der Waals surface area contributed by atoms with Gasteiger partial charge in [0, 0.05) is 16.6 Å². The summed E-state index contributed by atoms with van der Waals surface area (Å²) < 4.78 is 5.11. The normalized spacial score (nSPS) is 10.4. The van der Waals surface area contributed by atoms with Crippen LogP contribution in [0.2, 0.25) is 0 Å². The molecule has 3 N–H and O–H groups in total. The number of benzene rings is 2. The summed E-state index contributed by atoms with van der Waals surface area (Å²) in [5.41, 5.74) is 2.62. The molecule has 0 saturated heterocycles. The SMILES string of the molecule is COc1ccc(C(=O)Nc2nc(C)c(-c3csc(NC(=O)Nc4ccccc4)n3)s2)cc1. The molecule has 0 radical (unpaired) electrons. The van der Waals surface area contributed by atoms with Gasteiger partial charge in [-0.3, -0.25) is 15.4 Å². The van der Waals surface area contributed by atoms with E-state index in [-0.39, 0.29) is 11.9 Å². The van der Waals surface area contributed by atoms with Gasteiger partial charge >= 0.3 is 6.03 Å². The summed E-state index contributed by atoms with van der Waals surface area (Å²) in [5.74, 6) is 0.422. The minimum absolute atomic E-state index is 0.258. The van der Waals surface area contributed by atoms with Crippen molar-refractivity contribution in [3.8, 4) is 16.3 Å². The molecule has 2 aromatic carbocycles. The fraction of sp³-hybridized carbons (Fsp3) is 0.0909. The minimum atomic E-state index is -0.370. The molecule has 10 heteroatoms. The van der Waals surface area contributed by atoms with Crippen molar-refractivity contribution in [1.82, 2.24) is 9.97 Å². The maximum atomic E-state index is 12.5. The number of para-hydroxylation sites is 1. The van der Waals surface area contributed by atoms with E-state index in [1.807, 2.05) is 30.5 Å². The zero-order chi connectivity index (χ0) is 22.5. The van der Waals surface area contributed by atoms with Gasteiger partial charge in [0.2, 0.25) is 0 Å². The van der Waals surface area contributed by atoms with Gasteiger partial charge in [-0.25, -0.2) is 14.8 Å². The Labute approximate surface area is 192 Å². The van der Waals surface area contributed by atoms with Gasteiger partial charge in [-0.1, -0.05) is 29.5 Å². The van der Waals surface area contributed by atoms with Gasteiger partial charge in [0.05, 0.1) is 23.4 Å². The Morgan fingerprint density at radius 1 is 0.906 bits per heavy atom. The smallest absolute Gasteiger partial charge is 0.325 e. The average Bonchev–Trinajstić information content (AvgIpc) is 3.40. The van der Waals surface area contributed by atoms with E-state index in [9.17, 15) is 9.59 Å². The number of ether oxygens (including phenoxy) is 1. The second-order valence-electron chi connectivity index (χ2n) is 6.60. The van der Waals surface area contributed by atoms with E-state index >= 15 is 0 Å². The predicted octanol–water partition coefficient (Wildman–Crippen LogP) is 5.48. The number of anilines is 3. The Hall–Kier alpha value is -3.76. The molecule has 0 aliphatic rings. The van der Waals surface area contributed by atoms with E-state index in [1.165, 1.54) is 22.7 Å². The van der Waals surface area contributed by atoms with Gasteiger partial charge in [-0.05, 0) is 43.3 Å². The summed E-state index contributed by atoms with van der Waals surface area (Å²) in [4.78, 5) is 34.4. The fourth-order valence-corrected chi connectivity index (χ4v) is 4.51. The van der Waals surface area contributed by atoms with Crippen molar-refractivity contribution in [3.63, 3.8) is 0 Å². The van der Waals surface area contributed by atoms with Crippen LogP contribution in [0.15, 0.2) is 60.0 Å². The molecule has 162 valence electrons. The highest BCUT2D eigenvalue weighted by Gasteiger charge is 2.16. The standard InChI is InChI=1S/C22H19N5O3S2/c1-13-18(32-22(23-13)26-19(28)14-8-10-16(30-2)11-9-14)17-12-31-21(25-17)27-20(29)24-15-6-4-3-5-7-15/h3-12H,1-2H3,(H,23,26,28)(H2,24,25,27,29). The number of aromatic nitrogens is 2. The number of rotatable bonds is 6. The lowest BCUT2D eigenvalue weighted by Gasteiger charge is -2.04. The molecule has 0 unspecified atom stereocenters. The van der Waals surface area contributed by atoms with Gasteiger partial charge in [-0.2, -0.15) is 0 Å². The number of carbonyl (C=O) groups is 2. The van der Waals surface area contributed by atoms with Crippen LogP contribution in [-0.4, -0.2) is 29.0 Å². The van der Waals surface area contributed by atoms with Gasteiger partial charge in [0.1, 0.15) is 5.75 Å². The lowest BCUT2D eigenvalue weighted by atomic mass is 10.2. The molecule has 0 saturated carbocycles. The summed E-state index contributed by atoms with van der Waals surface area (Å²) >= 11 is 2.64. The zero-order valence-corrected chi connectivity index (χ0v) is 18.8. The number of urea groups is 1. The highest BCUT2D eigenvalue weighted by molar-refractivity contribution is 7.20. The van der Waals surface area contributed by atoms with Crippen molar-refractivity contribution in [1.29, 1.82) is 0 Å². The summed E-state index contributed by atoms with van der Waals surface area (Å²) in [7, 11) is 1.57. The van der Waals surface area contributed by atoms with Crippen molar-refractivity contribution in [2.45, 2.75) is 6.92 Å². The van der Waals surface area contributed by atoms with Crippen LogP contribution in [0.3, 0.4) is 0 Å². The van der Waals surface area contributed by atoms with E-state index in [4.69, 9.17) is 4.74 Å². The zero-order valence-electron chi connectivity index (χ0n) is 17.2. The summed E-state index contributed by atoms with van der Waals surface area (Å²) in [6.07, 6.45) is 0. The number of amides is 3. The topological polar surface area (TPSA) is 105 Å². The van der Waals surface area contributed by atoms with Crippen molar-refractivity contribution in [2.24, 2.45) is 0 Å². The largest absolute Gasteiger partial charge is 0.497 e. The van der Waals surface area contributed by atoms with E-state index in [0.29, 0.717) is 33.0 Å². The van der Waals surface area contributed by atoms with Gasteiger partial charge in [0.25, 0.3) is 5.91 Å². The lowest BCUT2D eigenvalue weighted by Crippen LogP contribution is -2.19. The molecular weight excluding hydrogens is 446 g/mol. The van der Waals surface area contributed by atoms with Crippen molar-refractivity contribution < 1.29 is 14.3 Å². The molecule has 2 heterocycles. The number of hydrogen-bond acceptors (Lipinski definition) is 7. The Kier molecular flexibility index (Phi) is 6.43. The van der Waals surface area contributed by atoms with Gasteiger partial charge in [0.15, 0.2) is 10.3 Å². The molecule has 8 nitrogen and oxygen atoms in total. The third-order valence-electron chi connectivity index (χ3n) is 4.36. The molecule has 4 aromatic rings. The number of aryl methyl sites for hydroxylation is 1. The van der Waals surface area contributed by atoms with Crippen LogP contribution in [0.25, 0.3) is 10.6 Å². The van der Waals surface area contributed by atoms with Crippen molar-refractivity contribution in [2.75, 3.05) is 23.1 Å². The van der Waals surface area contributed by atoms with Crippen LogP contribution in [0, 0.1) is 6.92 Å². The van der Waals surface area contributed by atoms with Gasteiger partial charge in [-0.15, -0.1) is 11.3 Å². The van der Waals surface area contributed by atoms with Crippen LogP contribution >= 0.6 is 22.7 Å². The first-order chi connectivity index (χ1) is 15.5. The molecule has 32 heavy (non-hydrogen) atoms. The molecule has 0 fully saturated rings. The summed E-state index contributed by atoms with van der Waals surface area (Å²) in [6, 6.07) is 15.6. The molecule has 2 aromatic heterocycles. The highest BCUT2D eigenvalue weighted by Crippen LogP contribution is 2.34. The van der Waals surface area contributed by atoms with Crippen LogP contribution in [0.4, 0.5) is 20.7 Å². The molecule has 0 aliphatic heterocycles. The minimum Gasteiger partial charge on any atom is -0.497 e. The second-order valence-corrected chi connectivity index (χ2v) is 8.46. The summed E-state index contributed by atoms with van der Waals surface area (Å²) in [5, 5.41) is 11.1. The number of hydrogen-bond donors (Lipinski definition) is 3. The van der Waals surface area contributed by atoms with Crippen LogP contribution in [-0.2, 0) is 0 Å². The van der Waals surface area contributed by atoms with Crippen LogP contribution in [0.5, 0.6) is 5.75 Å². The Morgan fingerprint density at radius 2 is 1.66 bits per heavy atom. The number of nitrogens with zero attached hydrogens (tertiary/aromatic N) is 2. The van der Waals surface area contributed by atoms with E-state index in [2.05, 4.69) is 25.9 Å². The molecule has 0 atom stereocenters. The number of carbonyl (C=O) groups excluding carboxylic acids is 2. The van der Waals surface area contributed by atoms with Crippen LogP contribution < -0.4 is 20.7 Å². The fourth-order valence-electron chi connectivity index (χ4n) is 2.82. The molecule has 0 aliphatic carbocycles. The first-order valence-corrected chi connectivity index (χ1v) is 11.2. The van der Waals surface area contributed by atoms with E-state index in [0.717, 1.165) is 10.6 Å².